The average Bonchev–Trinajstić information content (AvgIpc) is 2.72. The normalized spacial score (nSPS) is 17.0. The summed E-state index contributed by atoms with van der Waals surface area (Å²) in [6.45, 7) is 10.6. The fourth-order valence-corrected chi connectivity index (χ4v) is 3.69. The highest BCUT2D eigenvalue weighted by molar-refractivity contribution is 5.79. The minimum Gasteiger partial charge on any atom is -0.494 e. The molecule has 1 heterocycles. The molecule has 5 heteroatoms. The van der Waals surface area contributed by atoms with Crippen molar-refractivity contribution in [1.82, 2.24) is 10.6 Å². The van der Waals surface area contributed by atoms with E-state index in [1.165, 1.54) is 18.4 Å². The molecule has 0 unspecified atom stereocenters. The van der Waals surface area contributed by atoms with Crippen LogP contribution in [0.5, 0.6) is 5.75 Å². The number of rotatable bonds is 9. The smallest absolute Gasteiger partial charge is 0.191 e. The molecule has 0 radical (unpaired) electrons. The van der Waals surface area contributed by atoms with Crippen LogP contribution >= 0.6 is 0 Å². The number of nitrogens with one attached hydrogen (secondary N) is 2. The Hall–Kier alpha value is -1.75. The summed E-state index contributed by atoms with van der Waals surface area (Å²) in [4.78, 5) is 4.42. The van der Waals surface area contributed by atoms with Gasteiger partial charge in [0, 0.05) is 38.8 Å². The van der Waals surface area contributed by atoms with Gasteiger partial charge in [0.25, 0.3) is 0 Å². The Morgan fingerprint density at radius 1 is 1.11 bits per heavy atom. The van der Waals surface area contributed by atoms with Gasteiger partial charge >= 0.3 is 0 Å². The van der Waals surface area contributed by atoms with Gasteiger partial charge in [-0.1, -0.05) is 38.8 Å². The molecule has 1 aliphatic rings. The summed E-state index contributed by atoms with van der Waals surface area (Å²) in [7, 11) is 1.84. The Kier molecular flexibility index (Phi) is 8.92. The van der Waals surface area contributed by atoms with E-state index >= 15 is 0 Å². The van der Waals surface area contributed by atoms with Crippen LogP contribution < -0.4 is 15.4 Å². The molecule has 152 valence electrons. The minimum absolute atomic E-state index is 0.0650. The number of ether oxygens (including phenoxy) is 2. The molecule has 0 amide bonds. The number of aliphatic imine (C=N–C) groups is 1. The van der Waals surface area contributed by atoms with E-state index in [1.807, 2.05) is 14.0 Å². The van der Waals surface area contributed by atoms with Crippen molar-refractivity contribution in [2.75, 3.05) is 40.0 Å². The molecule has 0 aliphatic carbocycles. The first-order valence-electron chi connectivity index (χ1n) is 10.4. The molecular formula is C22H37N3O2. The zero-order valence-corrected chi connectivity index (χ0v) is 17.5. The van der Waals surface area contributed by atoms with Crippen molar-refractivity contribution in [3.63, 3.8) is 0 Å². The standard InChI is InChI=1S/C22H37N3O2/c1-5-18(6-2)16-24-21(23-4)25-17-22(12-14-26-15-13-22)19-8-10-20(11-9-19)27-7-3/h8-11,18H,5-7,12-17H2,1-4H3,(H2,23,24,25). The fraction of sp³-hybridized carbons (Fsp3) is 0.682. The van der Waals surface area contributed by atoms with Gasteiger partial charge < -0.3 is 20.1 Å². The first kappa shape index (κ1) is 21.5. The molecule has 2 N–H and O–H groups in total. The van der Waals surface area contributed by atoms with E-state index < -0.39 is 0 Å². The van der Waals surface area contributed by atoms with Gasteiger partial charge in [0.2, 0.25) is 0 Å². The van der Waals surface area contributed by atoms with Crippen LogP contribution in [0.3, 0.4) is 0 Å². The minimum atomic E-state index is 0.0650. The second-order valence-corrected chi connectivity index (χ2v) is 7.34. The molecule has 1 saturated heterocycles. The molecule has 1 aliphatic heterocycles. The van der Waals surface area contributed by atoms with Crippen LogP contribution in [0.4, 0.5) is 0 Å². The summed E-state index contributed by atoms with van der Waals surface area (Å²) in [6, 6.07) is 8.57. The van der Waals surface area contributed by atoms with E-state index in [9.17, 15) is 0 Å². The van der Waals surface area contributed by atoms with E-state index in [-0.39, 0.29) is 5.41 Å². The molecule has 0 aromatic heterocycles. The third kappa shape index (κ3) is 6.13. The maximum absolute atomic E-state index is 5.65. The number of nitrogens with zero attached hydrogens (tertiary/aromatic N) is 1. The molecule has 1 aromatic rings. The summed E-state index contributed by atoms with van der Waals surface area (Å²) in [5.74, 6) is 2.50. The summed E-state index contributed by atoms with van der Waals surface area (Å²) < 4.78 is 11.3. The molecule has 5 nitrogen and oxygen atoms in total. The lowest BCUT2D eigenvalue weighted by Crippen LogP contribution is -2.48. The highest BCUT2D eigenvalue weighted by Gasteiger charge is 2.34. The molecular weight excluding hydrogens is 338 g/mol. The van der Waals surface area contributed by atoms with Crippen LogP contribution in [-0.4, -0.2) is 45.9 Å². The molecule has 0 saturated carbocycles. The van der Waals surface area contributed by atoms with Crippen molar-refractivity contribution in [2.45, 2.75) is 51.9 Å². The van der Waals surface area contributed by atoms with Gasteiger partial charge in [-0.15, -0.1) is 0 Å². The number of hydrogen-bond donors (Lipinski definition) is 2. The zero-order valence-electron chi connectivity index (χ0n) is 17.5. The molecule has 0 bridgehead atoms. The van der Waals surface area contributed by atoms with E-state index in [1.54, 1.807) is 0 Å². The van der Waals surface area contributed by atoms with E-state index in [0.717, 1.165) is 50.9 Å². The highest BCUT2D eigenvalue weighted by Crippen LogP contribution is 2.35. The van der Waals surface area contributed by atoms with Gasteiger partial charge in [0.15, 0.2) is 5.96 Å². The maximum atomic E-state index is 5.65. The lowest BCUT2D eigenvalue weighted by molar-refractivity contribution is 0.0513. The van der Waals surface area contributed by atoms with E-state index in [0.29, 0.717) is 12.5 Å². The second-order valence-electron chi connectivity index (χ2n) is 7.34. The maximum Gasteiger partial charge on any atom is 0.191 e. The van der Waals surface area contributed by atoms with Crippen molar-refractivity contribution in [3.05, 3.63) is 29.8 Å². The van der Waals surface area contributed by atoms with E-state index in [4.69, 9.17) is 9.47 Å². The Morgan fingerprint density at radius 2 is 1.78 bits per heavy atom. The Morgan fingerprint density at radius 3 is 2.33 bits per heavy atom. The van der Waals surface area contributed by atoms with Gasteiger partial charge in [-0.3, -0.25) is 4.99 Å². The second kappa shape index (κ2) is 11.2. The SMILES string of the molecule is CCOc1ccc(C2(CNC(=NC)NCC(CC)CC)CCOCC2)cc1. The Balaban J connectivity index is 2.04. The van der Waals surface area contributed by atoms with Gasteiger partial charge in [-0.05, 0) is 43.4 Å². The first-order chi connectivity index (χ1) is 13.2. The van der Waals surface area contributed by atoms with Crippen molar-refractivity contribution in [2.24, 2.45) is 10.9 Å². The average molecular weight is 376 g/mol. The molecule has 1 fully saturated rings. The summed E-state index contributed by atoms with van der Waals surface area (Å²) >= 11 is 0. The van der Waals surface area contributed by atoms with Crippen molar-refractivity contribution < 1.29 is 9.47 Å². The molecule has 0 spiro atoms. The van der Waals surface area contributed by atoms with Crippen LogP contribution in [0, 0.1) is 5.92 Å². The number of hydrogen-bond acceptors (Lipinski definition) is 3. The third-order valence-corrected chi connectivity index (χ3v) is 5.76. The first-order valence-corrected chi connectivity index (χ1v) is 10.4. The van der Waals surface area contributed by atoms with Gasteiger partial charge in [-0.25, -0.2) is 0 Å². The van der Waals surface area contributed by atoms with Gasteiger partial charge in [0.05, 0.1) is 6.61 Å². The van der Waals surface area contributed by atoms with Crippen molar-refractivity contribution in [1.29, 1.82) is 0 Å². The van der Waals surface area contributed by atoms with Crippen LogP contribution in [-0.2, 0) is 10.2 Å². The largest absolute Gasteiger partial charge is 0.494 e. The molecule has 0 atom stereocenters. The van der Waals surface area contributed by atoms with Crippen molar-refractivity contribution >= 4 is 5.96 Å². The molecule has 2 rings (SSSR count). The van der Waals surface area contributed by atoms with Crippen LogP contribution in [0.2, 0.25) is 0 Å². The number of guanidine groups is 1. The lowest BCUT2D eigenvalue weighted by Gasteiger charge is -2.38. The fourth-order valence-electron chi connectivity index (χ4n) is 3.69. The monoisotopic (exact) mass is 375 g/mol. The van der Waals surface area contributed by atoms with Gasteiger partial charge in [0.1, 0.15) is 5.75 Å². The predicted molar refractivity (Wildman–Crippen MR) is 113 cm³/mol. The van der Waals surface area contributed by atoms with Crippen molar-refractivity contribution in [3.8, 4) is 5.75 Å². The molecule has 1 aromatic carbocycles. The molecule has 27 heavy (non-hydrogen) atoms. The Labute approximate surface area is 164 Å². The Bertz CT molecular complexity index is 561. The lowest BCUT2D eigenvalue weighted by atomic mass is 9.74. The van der Waals surface area contributed by atoms with Gasteiger partial charge in [-0.2, -0.15) is 0 Å². The summed E-state index contributed by atoms with van der Waals surface area (Å²) in [5.41, 5.74) is 1.41. The summed E-state index contributed by atoms with van der Waals surface area (Å²) in [6.07, 6.45) is 4.40. The summed E-state index contributed by atoms with van der Waals surface area (Å²) in [5, 5.41) is 7.07. The predicted octanol–water partition coefficient (Wildman–Crippen LogP) is 3.73. The van der Waals surface area contributed by atoms with Crippen LogP contribution in [0.1, 0.15) is 52.0 Å². The quantitative estimate of drug-likeness (QED) is 0.510. The topological polar surface area (TPSA) is 54.9 Å². The zero-order chi connectivity index (χ0) is 19.5. The van der Waals surface area contributed by atoms with Crippen LogP contribution in [0.25, 0.3) is 0 Å². The third-order valence-electron chi connectivity index (χ3n) is 5.76. The van der Waals surface area contributed by atoms with E-state index in [2.05, 4.69) is 53.7 Å². The van der Waals surface area contributed by atoms with Crippen LogP contribution in [0.15, 0.2) is 29.3 Å². The number of benzene rings is 1. The highest BCUT2D eigenvalue weighted by atomic mass is 16.5.